The molecule has 0 saturated carbocycles. The highest BCUT2D eigenvalue weighted by Crippen LogP contribution is 2.17. The third-order valence-corrected chi connectivity index (χ3v) is 4.42. The number of carbonyl (C=O) groups is 1. The average Bonchev–Trinajstić information content (AvgIpc) is 2.55. The Morgan fingerprint density at radius 3 is 2.52 bits per heavy atom. The fourth-order valence-electron chi connectivity index (χ4n) is 1.91. The predicted molar refractivity (Wildman–Crippen MR) is 87.9 cm³/mol. The molecule has 2 aromatic rings. The van der Waals surface area contributed by atoms with Gasteiger partial charge < -0.3 is 10.1 Å². The van der Waals surface area contributed by atoms with Gasteiger partial charge in [0.2, 0.25) is 0 Å². The maximum Gasteiger partial charge on any atom is 0.261 e. The maximum absolute atomic E-state index is 12.3. The Kier molecular flexibility index (Phi) is 5.72. The number of methoxy groups -OCH3 is 1. The molecule has 0 aliphatic carbocycles. The van der Waals surface area contributed by atoms with E-state index in [1.807, 2.05) is 0 Å². The van der Waals surface area contributed by atoms with Crippen molar-refractivity contribution >= 4 is 21.6 Å². The zero-order valence-electron chi connectivity index (χ0n) is 12.7. The molecule has 6 nitrogen and oxygen atoms in total. The Morgan fingerprint density at radius 1 is 1.09 bits per heavy atom. The first kappa shape index (κ1) is 17.0. The van der Waals surface area contributed by atoms with E-state index in [0.717, 1.165) is 0 Å². The van der Waals surface area contributed by atoms with Crippen LogP contribution in [-0.4, -0.2) is 34.6 Å². The summed E-state index contributed by atoms with van der Waals surface area (Å²) in [5.41, 5.74) is 0.697. The SMILES string of the molecule is COCCNC(=O)c1cccc(NS(=O)(=O)c2ccccc2)c1. The normalized spacial score (nSPS) is 11.0. The van der Waals surface area contributed by atoms with E-state index in [2.05, 4.69) is 10.0 Å². The van der Waals surface area contributed by atoms with Crippen molar-refractivity contribution in [2.45, 2.75) is 4.90 Å². The highest BCUT2D eigenvalue weighted by atomic mass is 32.2. The Balaban J connectivity index is 2.12. The van der Waals surface area contributed by atoms with Crippen molar-refractivity contribution in [3.63, 3.8) is 0 Å². The van der Waals surface area contributed by atoms with Crippen LogP contribution < -0.4 is 10.0 Å². The average molecular weight is 334 g/mol. The summed E-state index contributed by atoms with van der Waals surface area (Å²) in [6, 6.07) is 14.4. The first-order valence-electron chi connectivity index (χ1n) is 6.98. The standard InChI is InChI=1S/C16H18N2O4S/c1-22-11-10-17-16(19)13-6-5-7-14(12-13)18-23(20,21)15-8-3-2-4-9-15/h2-9,12,18H,10-11H2,1H3,(H,17,19). The van der Waals surface area contributed by atoms with E-state index in [1.165, 1.54) is 18.2 Å². The minimum absolute atomic E-state index is 0.162. The number of nitrogens with one attached hydrogen (secondary N) is 2. The Bertz CT molecular complexity index is 761. The lowest BCUT2D eigenvalue weighted by Gasteiger charge is -2.10. The summed E-state index contributed by atoms with van der Waals surface area (Å²) >= 11 is 0. The Hall–Kier alpha value is -2.38. The van der Waals surface area contributed by atoms with Gasteiger partial charge in [-0.3, -0.25) is 9.52 Å². The molecule has 0 aromatic heterocycles. The first-order chi connectivity index (χ1) is 11.0. The highest BCUT2D eigenvalue weighted by molar-refractivity contribution is 7.92. The third-order valence-electron chi connectivity index (χ3n) is 3.02. The van der Waals surface area contributed by atoms with E-state index in [1.54, 1.807) is 43.5 Å². The second-order valence-electron chi connectivity index (χ2n) is 4.75. The molecule has 0 atom stereocenters. The van der Waals surface area contributed by atoms with Gasteiger partial charge in [0.05, 0.1) is 11.5 Å². The smallest absolute Gasteiger partial charge is 0.261 e. The topological polar surface area (TPSA) is 84.5 Å². The van der Waals surface area contributed by atoms with Gasteiger partial charge in [-0.1, -0.05) is 24.3 Å². The van der Waals surface area contributed by atoms with Crippen LogP contribution in [0, 0.1) is 0 Å². The van der Waals surface area contributed by atoms with Crippen molar-refractivity contribution < 1.29 is 17.9 Å². The Morgan fingerprint density at radius 2 is 1.83 bits per heavy atom. The summed E-state index contributed by atoms with van der Waals surface area (Å²) in [5.74, 6) is -0.289. The molecule has 7 heteroatoms. The van der Waals surface area contributed by atoms with Crippen LogP contribution in [0.15, 0.2) is 59.5 Å². The van der Waals surface area contributed by atoms with Crippen molar-refractivity contribution in [2.75, 3.05) is 25.0 Å². The minimum atomic E-state index is -3.68. The molecule has 0 aliphatic heterocycles. The molecule has 1 amide bonds. The van der Waals surface area contributed by atoms with E-state index in [0.29, 0.717) is 24.4 Å². The molecule has 0 heterocycles. The summed E-state index contributed by atoms with van der Waals surface area (Å²) in [6.45, 7) is 0.793. The van der Waals surface area contributed by atoms with Gasteiger partial charge in [-0.2, -0.15) is 0 Å². The molecule has 0 unspecified atom stereocenters. The van der Waals surface area contributed by atoms with Gasteiger partial charge in [-0.05, 0) is 30.3 Å². The highest BCUT2D eigenvalue weighted by Gasteiger charge is 2.14. The molecule has 122 valence electrons. The maximum atomic E-state index is 12.3. The van der Waals surface area contributed by atoms with Gasteiger partial charge >= 0.3 is 0 Å². The molecule has 0 spiro atoms. The molecule has 0 aliphatic rings. The molecule has 23 heavy (non-hydrogen) atoms. The number of hydrogen-bond donors (Lipinski definition) is 2. The van der Waals surface area contributed by atoms with E-state index < -0.39 is 10.0 Å². The number of amides is 1. The third kappa shape index (κ3) is 4.80. The lowest BCUT2D eigenvalue weighted by molar-refractivity contribution is 0.0937. The number of ether oxygens (including phenoxy) is 1. The van der Waals surface area contributed by atoms with Crippen molar-refractivity contribution in [1.82, 2.24) is 5.32 Å². The number of carbonyl (C=O) groups excluding carboxylic acids is 1. The van der Waals surface area contributed by atoms with Crippen LogP contribution in [0.25, 0.3) is 0 Å². The fourth-order valence-corrected chi connectivity index (χ4v) is 2.98. The number of sulfonamides is 1. The van der Waals surface area contributed by atoms with E-state index in [4.69, 9.17) is 4.74 Å². The van der Waals surface area contributed by atoms with E-state index in [-0.39, 0.29) is 10.8 Å². The molecule has 0 bridgehead atoms. The number of rotatable bonds is 7. The van der Waals surface area contributed by atoms with Crippen LogP contribution in [0.5, 0.6) is 0 Å². The quantitative estimate of drug-likeness (QED) is 0.757. The lowest BCUT2D eigenvalue weighted by Crippen LogP contribution is -2.27. The van der Waals surface area contributed by atoms with E-state index >= 15 is 0 Å². The van der Waals surface area contributed by atoms with Gasteiger partial charge in [-0.25, -0.2) is 8.42 Å². The molecular weight excluding hydrogens is 316 g/mol. The number of anilines is 1. The van der Waals surface area contributed by atoms with Crippen molar-refractivity contribution in [1.29, 1.82) is 0 Å². The van der Waals surface area contributed by atoms with Crippen LogP contribution in [0.1, 0.15) is 10.4 Å². The zero-order chi connectivity index (χ0) is 16.7. The fraction of sp³-hybridized carbons (Fsp3) is 0.188. The van der Waals surface area contributed by atoms with Crippen molar-refractivity contribution in [3.8, 4) is 0 Å². The summed E-state index contributed by atoms with van der Waals surface area (Å²) in [5, 5.41) is 2.68. The van der Waals surface area contributed by atoms with Crippen LogP contribution in [0.2, 0.25) is 0 Å². The summed E-state index contributed by atoms with van der Waals surface area (Å²) in [7, 11) is -2.13. The number of hydrogen-bond acceptors (Lipinski definition) is 4. The van der Waals surface area contributed by atoms with Gasteiger partial charge in [0.1, 0.15) is 0 Å². The summed E-state index contributed by atoms with van der Waals surface area (Å²) in [4.78, 5) is 12.1. The number of benzene rings is 2. The molecule has 2 rings (SSSR count). The molecule has 0 radical (unpaired) electrons. The zero-order valence-corrected chi connectivity index (χ0v) is 13.5. The largest absolute Gasteiger partial charge is 0.383 e. The Labute approximate surface area is 135 Å². The van der Waals surface area contributed by atoms with Crippen molar-refractivity contribution in [3.05, 3.63) is 60.2 Å². The van der Waals surface area contributed by atoms with Gasteiger partial charge in [-0.15, -0.1) is 0 Å². The molecule has 0 fully saturated rings. The van der Waals surface area contributed by atoms with Crippen LogP contribution in [0.4, 0.5) is 5.69 Å². The first-order valence-corrected chi connectivity index (χ1v) is 8.46. The van der Waals surface area contributed by atoms with Crippen LogP contribution >= 0.6 is 0 Å². The van der Waals surface area contributed by atoms with Crippen LogP contribution in [-0.2, 0) is 14.8 Å². The summed E-state index contributed by atoms with van der Waals surface area (Å²) < 4.78 is 31.9. The van der Waals surface area contributed by atoms with Gasteiger partial charge in [0.15, 0.2) is 0 Å². The van der Waals surface area contributed by atoms with Crippen LogP contribution in [0.3, 0.4) is 0 Å². The predicted octanol–water partition coefficient (Wildman–Crippen LogP) is 1.86. The monoisotopic (exact) mass is 334 g/mol. The molecule has 2 N–H and O–H groups in total. The van der Waals surface area contributed by atoms with Gasteiger partial charge in [0.25, 0.3) is 15.9 Å². The molecular formula is C16H18N2O4S. The van der Waals surface area contributed by atoms with Crippen molar-refractivity contribution in [2.24, 2.45) is 0 Å². The molecule has 0 saturated heterocycles. The molecule has 2 aromatic carbocycles. The van der Waals surface area contributed by atoms with Gasteiger partial charge in [0, 0.05) is 24.9 Å². The second-order valence-corrected chi connectivity index (χ2v) is 6.43. The second kappa shape index (κ2) is 7.75. The minimum Gasteiger partial charge on any atom is -0.383 e. The van der Waals surface area contributed by atoms with E-state index in [9.17, 15) is 13.2 Å². The lowest BCUT2D eigenvalue weighted by atomic mass is 10.2. The summed E-state index contributed by atoms with van der Waals surface area (Å²) in [6.07, 6.45) is 0.